The Labute approximate surface area is 298 Å². The first-order valence-electron chi connectivity index (χ1n) is 17.6. The third-order valence-corrected chi connectivity index (χ3v) is 10.3. The number of carboxylic acid groups (broad SMARTS) is 1. The summed E-state index contributed by atoms with van der Waals surface area (Å²) in [4.78, 5) is 60.3. The highest BCUT2D eigenvalue weighted by Crippen LogP contribution is 2.45. The van der Waals surface area contributed by atoms with Gasteiger partial charge in [0.05, 0.1) is 24.9 Å². The summed E-state index contributed by atoms with van der Waals surface area (Å²) in [6.07, 6.45) is 5.02. The fourth-order valence-electron chi connectivity index (χ4n) is 7.27. The topological polar surface area (TPSA) is 159 Å². The summed E-state index contributed by atoms with van der Waals surface area (Å²) in [6, 6.07) is 14.6. The Hall–Kier alpha value is -5.13. The molecule has 2 aliphatic carbocycles. The van der Waals surface area contributed by atoms with Crippen molar-refractivity contribution in [3.63, 3.8) is 0 Å². The van der Waals surface area contributed by atoms with E-state index in [1.807, 2.05) is 75.4 Å². The second-order valence-corrected chi connectivity index (χ2v) is 14.9. The molecule has 0 unspecified atom stereocenters. The van der Waals surface area contributed by atoms with Crippen LogP contribution in [-0.4, -0.2) is 82.2 Å². The molecule has 0 spiro atoms. The average molecular weight is 698 g/mol. The maximum atomic E-state index is 14.5. The van der Waals surface area contributed by atoms with Crippen LogP contribution >= 0.6 is 0 Å². The summed E-state index contributed by atoms with van der Waals surface area (Å²) >= 11 is 0. The second kappa shape index (κ2) is 14.2. The van der Waals surface area contributed by atoms with E-state index in [0.717, 1.165) is 36.6 Å². The standard InChI is InChI=1S/C39H47N5O7/c1-6-24-21-39(24,36(47)48)43-34(45)31-19-27(22-44(31)35(46)33(38(2,3)4)42-37(49)40-25-14-10-11-15-25)51-32-20-29(23-12-8-7-9-13-23)41-30-18-26(50-5)16-17-28(30)32/h6-9,12-13,16-18,20,24-25,27,31,33H,1,10-11,14-15,19,21-22H2,2-5H3,(H,43,45)(H,47,48)(H2,40,42,49)/t24-,27-,31-,33-,39-/m1/s1. The van der Waals surface area contributed by atoms with Gasteiger partial charge in [0.25, 0.3) is 0 Å². The van der Waals surface area contributed by atoms with Crippen LogP contribution in [-0.2, 0) is 14.4 Å². The maximum Gasteiger partial charge on any atom is 0.330 e. The Morgan fingerprint density at radius 1 is 1.08 bits per heavy atom. The second-order valence-electron chi connectivity index (χ2n) is 14.9. The lowest BCUT2D eigenvalue weighted by atomic mass is 9.85. The van der Waals surface area contributed by atoms with Gasteiger partial charge >= 0.3 is 12.0 Å². The molecule has 5 atom stereocenters. The summed E-state index contributed by atoms with van der Waals surface area (Å²) in [5.41, 5.74) is -0.0156. The molecular weight excluding hydrogens is 650 g/mol. The van der Waals surface area contributed by atoms with Gasteiger partial charge in [0, 0.05) is 41.5 Å². The number of nitrogens with zero attached hydrogens (tertiary/aromatic N) is 2. The molecule has 6 rings (SSSR count). The van der Waals surface area contributed by atoms with Crippen LogP contribution in [0.3, 0.4) is 0 Å². The highest BCUT2D eigenvalue weighted by Gasteiger charge is 2.61. The van der Waals surface area contributed by atoms with Gasteiger partial charge in [-0.3, -0.25) is 9.59 Å². The number of benzene rings is 2. The lowest BCUT2D eigenvalue weighted by Crippen LogP contribution is -2.60. The van der Waals surface area contributed by atoms with Crippen LogP contribution in [0.5, 0.6) is 11.5 Å². The number of ether oxygens (including phenoxy) is 2. The van der Waals surface area contributed by atoms with Gasteiger partial charge in [-0.15, -0.1) is 6.58 Å². The van der Waals surface area contributed by atoms with E-state index in [4.69, 9.17) is 14.5 Å². The molecule has 51 heavy (non-hydrogen) atoms. The lowest BCUT2D eigenvalue weighted by molar-refractivity contribution is -0.146. The highest BCUT2D eigenvalue weighted by atomic mass is 16.5. The number of fused-ring (bicyclic) bond motifs is 1. The minimum absolute atomic E-state index is 0.0288. The first-order chi connectivity index (χ1) is 24.3. The van der Waals surface area contributed by atoms with Gasteiger partial charge in [0.15, 0.2) is 0 Å². The molecule has 2 aromatic carbocycles. The number of pyridine rings is 1. The normalized spacial score (nSPS) is 23.7. The highest BCUT2D eigenvalue weighted by molar-refractivity contribution is 5.96. The van der Waals surface area contributed by atoms with Crippen molar-refractivity contribution in [2.24, 2.45) is 11.3 Å². The number of carbonyl (C=O) groups excluding carboxylic acids is 3. The summed E-state index contributed by atoms with van der Waals surface area (Å²) in [7, 11) is 1.58. The fraction of sp³-hybridized carbons (Fsp3) is 0.462. The molecule has 12 heteroatoms. The molecule has 2 saturated carbocycles. The molecule has 12 nitrogen and oxygen atoms in total. The predicted octanol–water partition coefficient (Wildman–Crippen LogP) is 5.06. The van der Waals surface area contributed by atoms with E-state index < -0.39 is 58.9 Å². The van der Waals surface area contributed by atoms with E-state index >= 15 is 0 Å². The Kier molecular flexibility index (Phi) is 9.97. The van der Waals surface area contributed by atoms with Gasteiger partial charge in [-0.05, 0) is 36.8 Å². The third-order valence-electron chi connectivity index (χ3n) is 10.3. The molecule has 4 N–H and O–H groups in total. The first-order valence-corrected chi connectivity index (χ1v) is 17.6. The molecule has 3 aliphatic rings. The number of amides is 4. The molecule has 4 amide bonds. The average Bonchev–Trinajstić information content (AvgIpc) is 3.37. The zero-order chi connectivity index (χ0) is 36.5. The minimum Gasteiger partial charge on any atom is -0.497 e. The zero-order valence-electron chi connectivity index (χ0n) is 29.6. The number of hydrogen-bond donors (Lipinski definition) is 4. The van der Waals surface area contributed by atoms with Crippen LogP contribution in [0.4, 0.5) is 4.79 Å². The van der Waals surface area contributed by atoms with E-state index in [-0.39, 0.29) is 25.4 Å². The van der Waals surface area contributed by atoms with E-state index in [0.29, 0.717) is 22.7 Å². The number of aromatic nitrogens is 1. The van der Waals surface area contributed by atoms with Crippen molar-refractivity contribution in [3.8, 4) is 22.8 Å². The molecule has 2 heterocycles. The minimum atomic E-state index is -1.49. The van der Waals surface area contributed by atoms with Crippen LogP contribution in [0.25, 0.3) is 22.2 Å². The molecule has 3 aromatic rings. The van der Waals surface area contributed by atoms with Gasteiger partial charge in [0.2, 0.25) is 11.8 Å². The zero-order valence-corrected chi connectivity index (χ0v) is 29.6. The molecule has 0 radical (unpaired) electrons. The van der Waals surface area contributed by atoms with E-state index in [9.17, 15) is 24.3 Å². The number of carbonyl (C=O) groups is 4. The van der Waals surface area contributed by atoms with Gasteiger partial charge < -0.3 is 35.4 Å². The van der Waals surface area contributed by atoms with Crippen molar-refractivity contribution in [1.82, 2.24) is 25.8 Å². The van der Waals surface area contributed by atoms with Crippen molar-refractivity contribution in [1.29, 1.82) is 0 Å². The summed E-state index contributed by atoms with van der Waals surface area (Å²) in [5.74, 6) is -1.50. The molecule has 1 aromatic heterocycles. The summed E-state index contributed by atoms with van der Waals surface area (Å²) in [5, 5.41) is 19.4. The number of methoxy groups -OCH3 is 1. The SMILES string of the molecule is C=C[C@@H]1C[C@]1(NC(=O)[C@H]1C[C@@H](Oc2cc(-c3ccccc3)nc3cc(OC)ccc23)CN1C(=O)[C@@H](NC(=O)NC1CCCC1)C(C)(C)C)C(=O)O. The molecule has 1 aliphatic heterocycles. The molecule has 1 saturated heterocycles. The van der Waals surface area contributed by atoms with E-state index in [1.54, 1.807) is 7.11 Å². The van der Waals surface area contributed by atoms with Gasteiger partial charge in [-0.2, -0.15) is 0 Å². The monoisotopic (exact) mass is 697 g/mol. The van der Waals surface area contributed by atoms with Crippen LogP contribution < -0.4 is 25.4 Å². The van der Waals surface area contributed by atoms with Crippen molar-refractivity contribution >= 4 is 34.7 Å². The Morgan fingerprint density at radius 3 is 2.43 bits per heavy atom. The van der Waals surface area contributed by atoms with Gasteiger partial charge in [-0.25, -0.2) is 14.6 Å². The van der Waals surface area contributed by atoms with Crippen molar-refractivity contribution in [3.05, 3.63) is 67.3 Å². The number of nitrogens with one attached hydrogen (secondary N) is 3. The smallest absolute Gasteiger partial charge is 0.330 e. The number of hydrogen-bond acceptors (Lipinski definition) is 7. The predicted molar refractivity (Wildman–Crippen MR) is 192 cm³/mol. The maximum absolute atomic E-state index is 14.5. The van der Waals surface area contributed by atoms with Crippen LogP contribution in [0.15, 0.2) is 67.3 Å². The number of aliphatic carboxylic acids is 1. The number of carboxylic acids is 1. The summed E-state index contributed by atoms with van der Waals surface area (Å²) < 4.78 is 12.1. The Bertz CT molecular complexity index is 1820. The third kappa shape index (κ3) is 7.50. The first kappa shape index (κ1) is 35.7. The van der Waals surface area contributed by atoms with Crippen molar-refractivity contribution < 1.29 is 33.8 Å². The Morgan fingerprint density at radius 2 is 1.80 bits per heavy atom. The molecular formula is C39H47N5O7. The van der Waals surface area contributed by atoms with E-state index in [1.165, 1.54) is 11.0 Å². The molecule has 3 fully saturated rings. The number of likely N-dealkylation sites (tertiary alicyclic amines) is 1. The number of urea groups is 1. The fourth-order valence-corrected chi connectivity index (χ4v) is 7.27. The van der Waals surface area contributed by atoms with Crippen molar-refractivity contribution in [2.45, 2.75) is 89.1 Å². The largest absolute Gasteiger partial charge is 0.497 e. The van der Waals surface area contributed by atoms with Crippen LogP contribution in [0.1, 0.15) is 59.3 Å². The van der Waals surface area contributed by atoms with Crippen molar-refractivity contribution in [2.75, 3.05) is 13.7 Å². The van der Waals surface area contributed by atoms with E-state index in [2.05, 4.69) is 22.5 Å². The van der Waals surface area contributed by atoms with Gasteiger partial charge in [-0.1, -0.05) is 70.0 Å². The van der Waals surface area contributed by atoms with Gasteiger partial charge in [0.1, 0.15) is 35.2 Å². The van der Waals surface area contributed by atoms with Crippen LogP contribution in [0.2, 0.25) is 0 Å². The lowest BCUT2D eigenvalue weighted by Gasteiger charge is -2.35. The summed E-state index contributed by atoms with van der Waals surface area (Å²) in [6.45, 7) is 9.31. The number of rotatable bonds is 11. The quantitative estimate of drug-likeness (QED) is 0.203. The Balaban J connectivity index is 1.32. The molecule has 0 bridgehead atoms. The van der Waals surface area contributed by atoms with Crippen LogP contribution in [0, 0.1) is 11.3 Å². The molecule has 270 valence electrons.